The monoisotopic (exact) mass is 264 g/mol. The highest BCUT2D eigenvalue weighted by Crippen LogP contribution is 2.17. The Balaban J connectivity index is 2.10. The van der Waals surface area contributed by atoms with Crippen LogP contribution >= 0.6 is 11.8 Å². The Kier molecular flexibility index (Phi) is 4.52. The topological polar surface area (TPSA) is 66.2 Å². The third-order valence-electron chi connectivity index (χ3n) is 2.59. The van der Waals surface area contributed by atoms with Gasteiger partial charge in [0.2, 0.25) is 0 Å². The van der Waals surface area contributed by atoms with E-state index in [1.165, 1.54) is 11.8 Å². The van der Waals surface area contributed by atoms with Gasteiger partial charge in [0.1, 0.15) is 5.82 Å². The summed E-state index contributed by atoms with van der Waals surface area (Å²) in [5.41, 5.74) is 1.92. The van der Waals surface area contributed by atoms with Gasteiger partial charge in [-0.05, 0) is 13.0 Å². The van der Waals surface area contributed by atoms with Gasteiger partial charge in [0.15, 0.2) is 0 Å². The van der Waals surface area contributed by atoms with Crippen molar-refractivity contribution in [1.82, 2.24) is 9.97 Å². The summed E-state index contributed by atoms with van der Waals surface area (Å²) in [4.78, 5) is 8.93. The minimum absolute atomic E-state index is 0.204. The number of aliphatic hydroxyl groups excluding tert-OH is 2. The maximum absolute atomic E-state index is 9.25. The van der Waals surface area contributed by atoms with Crippen molar-refractivity contribution in [3.8, 4) is 0 Å². The quantitative estimate of drug-likeness (QED) is 0.857. The van der Waals surface area contributed by atoms with Crippen LogP contribution in [0, 0.1) is 6.92 Å². The first-order valence-electron chi connectivity index (χ1n) is 5.79. The predicted octanol–water partition coefficient (Wildman–Crippen LogP) is 1.52. The van der Waals surface area contributed by atoms with Gasteiger partial charge in [0.05, 0.1) is 24.0 Å². The Hall–Kier alpha value is -1.17. The van der Waals surface area contributed by atoms with E-state index in [-0.39, 0.29) is 6.61 Å². The van der Waals surface area contributed by atoms with E-state index in [9.17, 15) is 5.11 Å². The van der Waals surface area contributed by atoms with Gasteiger partial charge in [-0.25, -0.2) is 9.97 Å². The number of nitrogens with zero attached hydrogens (tertiary/aromatic N) is 2. The number of hydrogen-bond donors (Lipinski definition) is 2. The molecule has 0 fully saturated rings. The van der Waals surface area contributed by atoms with E-state index in [0.29, 0.717) is 11.5 Å². The molecule has 2 aromatic rings. The minimum atomic E-state index is -0.670. The molecule has 0 spiro atoms. The van der Waals surface area contributed by atoms with Crippen molar-refractivity contribution in [3.63, 3.8) is 0 Å². The van der Waals surface area contributed by atoms with Gasteiger partial charge in [0, 0.05) is 16.8 Å². The van der Waals surface area contributed by atoms with Crippen LogP contribution in [0.5, 0.6) is 0 Å². The predicted molar refractivity (Wildman–Crippen MR) is 73.5 cm³/mol. The number of rotatable bonds is 5. The fourth-order valence-corrected chi connectivity index (χ4v) is 2.51. The van der Waals surface area contributed by atoms with Gasteiger partial charge in [-0.1, -0.05) is 18.2 Å². The van der Waals surface area contributed by atoms with Crippen LogP contribution in [0.4, 0.5) is 0 Å². The molecule has 1 aromatic heterocycles. The lowest BCUT2D eigenvalue weighted by Crippen LogP contribution is -2.14. The zero-order valence-corrected chi connectivity index (χ0v) is 11.0. The Labute approximate surface area is 110 Å². The Morgan fingerprint density at radius 2 is 2.06 bits per heavy atom. The molecular weight excluding hydrogens is 248 g/mol. The minimum Gasteiger partial charge on any atom is -0.394 e. The molecule has 2 N–H and O–H groups in total. The second kappa shape index (κ2) is 6.13. The molecule has 0 unspecified atom stereocenters. The third kappa shape index (κ3) is 3.19. The first-order chi connectivity index (χ1) is 8.70. The van der Waals surface area contributed by atoms with E-state index in [1.54, 1.807) is 0 Å². The molecule has 0 amide bonds. The molecule has 0 saturated heterocycles. The van der Waals surface area contributed by atoms with Crippen molar-refractivity contribution in [1.29, 1.82) is 0 Å². The first kappa shape index (κ1) is 13.3. The molecule has 2 rings (SSSR count). The summed E-state index contributed by atoms with van der Waals surface area (Å²) in [6, 6.07) is 7.92. The van der Waals surface area contributed by atoms with Crippen molar-refractivity contribution in [3.05, 3.63) is 35.8 Å². The molecule has 1 heterocycles. The van der Waals surface area contributed by atoms with E-state index in [2.05, 4.69) is 9.97 Å². The normalized spacial score (nSPS) is 12.8. The lowest BCUT2D eigenvalue weighted by atomic mass is 10.2. The van der Waals surface area contributed by atoms with Crippen LogP contribution in [0.25, 0.3) is 10.9 Å². The van der Waals surface area contributed by atoms with Crippen LogP contribution in [-0.2, 0) is 5.75 Å². The fraction of sp³-hybridized carbons (Fsp3) is 0.385. The number of para-hydroxylation sites is 1. The highest BCUT2D eigenvalue weighted by atomic mass is 32.2. The molecule has 5 heteroatoms. The number of benzene rings is 1. The first-order valence-corrected chi connectivity index (χ1v) is 6.95. The van der Waals surface area contributed by atoms with E-state index >= 15 is 0 Å². The van der Waals surface area contributed by atoms with E-state index in [4.69, 9.17) is 5.11 Å². The summed E-state index contributed by atoms with van der Waals surface area (Å²) in [5.74, 6) is 1.90. The lowest BCUT2D eigenvalue weighted by molar-refractivity contribution is 0.113. The van der Waals surface area contributed by atoms with Gasteiger partial charge >= 0.3 is 0 Å². The van der Waals surface area contributed by atoms with Crippen LogP contribution < -0.4 is 0 Å². The molecule has 1 atom stereocenters. The average Bonchev–Trinajstić information content (AvgIpc) is 2.38. The third-order valence-corrected chi connectivity index (χ3v) is 3.68. The molecule has 0 radical (unpaired) electrons. The van der Waals surface area contributed by atoms with Crippen LogP contribution in [0.2, 0.25) is 0 Å². The largest absolute Gasteiger partial charge is 0.394 e. The molecule has 0 saturated carbocycles. The number of hydrogen-bond acceptors (Lipinski definition) is 5. The molecule has 96 valence electrons. The number of thioether (sulfide) groups is 1. The molecule has 1 aromatic carbocycles. The smallest absolute Gasteiger partial charge is 0.139 e. The number of fused-ring (bicyclic) bond motifs is 1. The average molecular weight is 264 g/mol. The van der Waals surface area contributed by atoms with E-state index in [0.717, 1.165) is 22.4 Å². The van der Waals surface area contributed by atoms with Crippen molar-refractivity contribution in [2.75, 3.05) is 12.4 Å². The lowest BCUT2D eigenvalue weighted by Gasteiger charge is -2.07. The summed E-state index contributed by atoms with van der Waals surface area (Å²) in [5, 5.41) is 19.0. The zero-order valence-electron chi connectivity index (χ0n) is 10.2. The Morgan fingerprint density at radius 1 is 1.28 bits per heavy atom. The standard InChI is InChI=1S/C13H16N2O2S/c1-9-11-4-2-3-5-12(11)15-13(14-9)8-18-7-10(17)6-16/h2-5,10,16-17H,6-8H2,1H3/t10-/m0/s1. The summed E-state index contributed by atoms with van der Waals surface area (Å²) in [6.45, 7) is 1.77. The number of aromatic nitrogens is 2. The van der Waals surface area contributed by atoms with Crippen molar-refractivity contribution in [2.24, 2.45) is 0 Å². The van der Waals surface area contributed by atoms with Gasteiger partial charge in [-0.3, -0.25) is 0 Å². The number of aliphatic hydroxyl groups is 2. The molecule has 4 nitrogen and oxygen atoms in total. The molecule has 0 aliphatic heterocycles. The van der Waals surface area contributed by atoms with Crippen LogP contribution in [0.1, 0.15) is 11.5 Å². The molecule has 18 heavy (non-hydrogen) atoms. The van der Waals surface area contributed by atoms with E-state index < -0.39 is 6.10 Å². The van der Waals surface area contributed by atoms with Gasteiger partial charge in [0.25, 0.3) is 0 Å². The SMILES string of the molecule is Cc1nc(CSC[C@@H](O)CO)nc2ccccc12. The fourth-order valence-electron chi connectivity index (χ4n) is 1.70. The second-order valence-electron chi connectivity index (χ2n) is 4.09. The van der Waals surface area contributed by atoms with Crippen molar-refractivity contribution >= 4 is 22.7 Å². The molecular formula is C13H16N2O2S. The van der Waals surface area contributed by atoms with Crippen molar-refractivity contribution < 1.29 is 10.2 Å². The maximum Gasteiger partial charge on any atom is 0.139 e. The highest BCUT2D eigenvalue weighted by Gasteiger charge is 2.06. The summed E-state index contributed by atoms with van der Waals surface area (Å²) in [7, 11) is 0. The van der Waals surface area contributed by atoms with Crippen LogP contribution in [0.15, 0.2) is 24.3 Å². The van der Waals surface area contributed by atoms with Crippen LogP contribution in [-0.4, -0.2) is 38.6 Å². The summed E-state index contributed by atoms with van der Waals surface area (Å²) < 4.78 is 0. The van der Waals surface area contributed by atoms with Crippen molar-refractivity contribution in [2.45, 2.75) is 18.8 Å². The molecule has 0 aliphatic carbocycles. The molecule has 0 bridgehead atoms. The summed E-state index contributed by atoms with van der Waals surface area (Å²) >= 11 is 1.52. The summed E-state index contributed by atoms with van der Waals surface area (Å²) in [6.07, 6.45) is -0.670. The van der Waals surface area contributed by atoms with Gasteiger partial charge in [-0.15, -0.1) is 0 Å². The zero-order chi connectivity index (χ0) is 13.0. The van der Waals surface area contributed by atoms with Gasteiger partial charge in [-0.2, -0.15) is 11.8 Å². The van der Waals surface area contributed by atoms with Gasteiger partial charge < -0.3 is 10.2 Å². The van der Waals surface area contributed by atoms with E-state index in [1.807, 2.05) is 31.2 Å². The molecule has 0 aliphatic rings. The Bertz CT molecular complexity index is 533. The maximum atomic E-state index is 9.25. The van der Waals surface area contributed by atoms with Crippen LogP contribution in [0.3, 0.4) is 0 Å². The number of aryl methyl sites for hydroxylation is 1. The Morgan fingerprint density at radius 3 is 2.83 bits per heavy atom. The second-order valence-corrected chi connectivity index (χ2v) is 5.12. The highest BCUT2D eigenvalue weighted by molar-refractivity contribution is 7.98.